The van der Waals surface area contributed by atoms with Crippen LogP contribution >= 0.6 is 12.4 Å². The van der Waals surface area contributed by atoms with Gasteiger partial charge < -0.3 is 16.4 Å². The zero-order chi connectivity index (χ0) is 16.2. The van der Waals surface area contributed by atoms with E-state index in [9.17, 15) is 9.59 Å². The van der Waals surface area contributed by atoms with Gasteiger partial charge in [0.25, 0.3) is 0 Å². The van der Waals surface area contributed by atoms with Crippen LogP contribution in [-0.4, -0.2) is 30.9 Å². The minimum atomic E-state index is -0.147. The molecule has 24 heavy (non-hydrogen) atoms. The summed E-state index contributed by atoms with van der Waals surface area (Å²) in [6.45, 7) is 0.612. The molecule has 3 rings (SSSR count). The van der Waals surface area contributed by atoms with Crippen LogP contribution < -0.4 is 16.4 Å². The molecule has 4 unspecified atom stereocenters. The van der Waals surface area contributed by atoms with Crippen LogP contribution in [0.3, 0.4) is 0 Å². The first-order valence-electron chi connectivity index (χ1n) is 8.49. The van der Waals surface area contributed by atoms with E-state index in [0.717, 1.165) is 25.7 Å². The Kier molecular flexibility index (Phi) is 6.63. The summed E-state index contributed by atoms with van der Waals surface area (Å²) in [7, 11) is 0. The number of rotatable bonds is 6. The molecule has 4 atom stereocenters. The van der Waals surface area contributed by atoms with E-state index in [0.29, 0.717) is 18.4 Å². The zero-order valence-corrected chi connectivity index (χ0v) is 14.6. The van der Waals surface area contributed by atoms with Crippen molar-refractivity contribution in [1.29, 1.82) is 0 Å². The van der Waals surface area contributed by atoms with Crippen molar-refractivity contribution >= 4 is 24.2 Å². The molecule has 2 aliphatic carbocycles. The zero-order valence-electron chi connectivity index (χ0n) is 13.7. The maximum absolute atomic E-state index is 12.3. The number of nitrogens with one attached hydrogen (secondary N) is 2. The molecule has 0 radical (unpaired) electrons. The van der Waals surface area contributed by atoms with E-state index in [1.165, 1.54) is 5.56 Å². The lowest BCUT2D eigenvalue weighted by molar-refractivity contribution is -0.130. The van der Waals surface area contributed by atoms with Crippen molar-refractivity contribution in [1.82, 2.24) is 10.6 Å². The van der Waals surface area contributed by atoms with Crippen molar-refractivity contribution in [3.8, 4) is 0 Å². The molecular formula is C18H26ClN3O2. The smallest absolute Gasteiger partial charge is 0.239 e. The number of fused-ring (bicyclic) bond motifs is 2. The molecule has 0 aliphatic heterocycles. The van der Waals surface area contributed by atoms with Gasteiger partial charge in [-0.05, 0) is 43.1 Å². The van der Waals surface area contributed by atoms with Gasteiger partial charge >= 0.3 is 0 Å². The Morgan fingerprint density at radius 3 is 2.46 bits per heavy atom. The molecule has 2 bridgehead atoms. The summed E-state index contributed by atoms with van der Waals surface area (Å²) in [5.41, 5.74) is 7.34. The number of carbonyl (C=O) groups excluding carboxylic acids is 2. The third kappa shape index (κ3) is 4.28. The van der Waals surface area contributed by atoms with Gasteiger partial charge in [0.05, 0.1) is 12.5 Å². The molecule has 5 nitrogen and oxygen atoms in total. The summed E-state index contributed by atoms with van der Waals surface area (Å²) in [5.74, 6) is 0.603. The first-order chi connectivity index (χ1) is 11.1. The van der Waals surface area contributed by atoms with Gasteiger partial charge in [-0.25, -0.2) is 0 Å². The van der Waals surface area contributed by atoms with Gasteiger partial charge in [0.1, 0.15) is 0 Å². The van der Waals surface area contributed by atoms with Crippen LogP contribution in [0, 0.1) is 17.8 Å². The Morgan fingerprint density at radius 2 is 1.79 bits per heavy atom. The summed E-state index contributed by atoms with van der Waals surface area (Å²) >= 11 is 0. The van der Waals surface area contributed by atoms with Crippen LogP contribution in [0.15, 0.2) is 30.3 Å². The fourth-order valence-corrected chi connectivity index (χ4v) is 4.06. The molecule has 0 saturated heterocycles. The SMILES string of the molecule is Cl.NC1C2CCC(C2)C1C(=O)NCC(=O)NCCc1ccccc1. The van der Waals surface area contributed by atoms with Crippen molar-refractivity contribution < 1.29 is 9.59 Å². The predicted octanol–water partition coefficient (Wildman–Crippen LogP) is 1.26. The highest BCUT2D eigenvalue weighted by molar-refractivity contribution is 5.86. The highest BCUT2D eigenvalue weighted by Crippen LogP contribution is 2.47. The van der Waals surface area contributed by atoms with Crippen molar-refractivity contribution in [2.75, 3.05) is 13.1 Å². The molecule has 0 heterocycles. The van der Waals surface area contributed by atoms with Crippen LogP contribution in [0.2, 0.25) is 0 Å². The average Bonchev–Trinajstić information content (AvgIpc) is 3.15. The quantitative estimate of drug-likeness (QED) is 0.721. The molecular weight excluding hydrogens is 326 g/mol. The highest BCUT2D eigenvalue weighted by Gasteiger charge is 2.48. The van der Waals surface area contributed by atoms with Crippen molar-refractivity contribution in [3.05, 3.63) is 35.9 Å². The molecule has 4 N–H and O–H groups in total. The maximum Gasteiger partial charge on any atom is 0.239 e. The Labute approximate surface area is 149 Å². The monoisotopic (exact) mass is 351 g/mol. The van der Waals surface area contributed by atoms with E-state index >= 15 is 0 Å². The van der Waals surface area contributed by atoms with E-state index in [-0.39, 0.29) is 42.7 Å². The summed E-state index contributed by atoms with van der Waals surface area (Å²) in [5, 5.41) is 5.59. The van der Waals surface area contributed by atoms with Gasteiger partial charge in [-0.1, -0.05) is 30.3 Å². The van der Waals surface area contributed by atoms with Gasteiger partial charge in [-0.15, -0.1) is 12.4 Å². The highest BCUT2D eigenvalue weighted by atomic mass is 35.5. The summed E-state index contributed by atoms with van der Waals surface area (Å²) in [6, 6.07) is 9.97. The standard InChI is InChI=1S/C18H25N3O2.ClH/c19-17-14-7-6-13(10-14)16(17)18(23)21-11-15(22)20-9-8-12-4-2-1-3-5-12;/h1-5,13-14,16-17H,6-11,19H2,(H,20,22)(H,21,23);1H. The minimum absolute atomic E-state index is 0. The summed E-state index contributed by atoms with van der Waals surface area (Å²) < 4.78 is 0. The Morgan fingerprint density at radius 1 is 1.08 bits per heavy atom. The fraction of sp³-hybridized carbons (Fsp3) is 0.556. The average molecular weight is 352 g/mol. The Balaban J connectivity index is 0.00000208. The lowest BCUT2D eigenvalue weighted by Crippen LogP contribution is -2.47. The van der Waals surface area contributed by atoms with Gasteiger partial charge in [0, 0.05) is 12.6 Å². The van der Waals surface area contributed by atoms with Crippen LogP contribution in [0.1, 0.15) is 24.8 Å². The second-order valence-electron chi connectivity index (χ2n) is 6.74. The molecule has 132 valence electrons. The number of carbonyl (C=O) groups is 2. The second kappa shape index (κ2) is 8.49. The van der Waals surface area contributed by atoms with Crippen LogP contribution in [0.5, 0.6) is 0 Å². The van der Waals surface area contributed by atoms with E-state index in [1.807, 2.05) is 30.3 Å². The maximum atomic E-state index is 12.3. The van der Waals surface area contributed by atoms with Crippen LogP contribution in [-0.2, 0) is 16.0 Å². The Bertz CT molecular complexity index is 565. The normalized spacial score (nSPS) is 27.4. The van der Waals surface area contributed by atoms with E-state index in [4.69, 9.17) is 5.73 Å². The largest absolute Gasteiger partial charge is 0.354 e. The molecule has 6 heteroatoms. The molecule has 1 aromatic carbocycles. The molecule has 2 saturated carbocycles. The van der Waals surface area contributed by atoms with E-state index < -0.39 is 0 Å². The third-order valence-corrected chi connectivity index (χ3v) is 5.29. The van der Waals surface area contributed by atoms with Gasteiger partial charge in [-0.3, -0.25) is 9.59 Å². The van der Waals surface area contributed by atoms with E-state index in [1.54, 1.807) is 0 Å². The molecule has 0 aromatic heterocycles. The van der Waals surface area contributed by atoms with Crippen LogP contribution in [0.25, 0.3) is 0 Å². The van der Waals surface area contributed by atoms with Gasteiger partial charge in [-0.2, -0.15) is 0 Å². The van der Waals surface area contributed by atoms with Gasteiger partial charge in [0.15, 0.2) is 0 Å². The molecule has 1 aromatic rings. The molecule has 2 fully saturated rings. The molecule has 0 spiro atoms. The topological polar surface area (TPSA) is 84.2 Å². The van der Waals surface area contributed by atoms with Crippen molar-refractivity contribution in [2.45, 2.75) is 31.7 Å². The first kappa shape index (κ1) is 18.7. The van der Waals surface area contributed by atoms with Crippen LogP contribution in [0.4, 0.5) is 0 Å². The summed E-state index contributed by atoms with van der Waals surface area (Å²) in [6.07, 6.45) is 4.11. The van der Waals surface area contributed by atoms with Crippen molar-refractivity contribution in [2.24, 2.45) is 23.5 Å². The number of nitrogens with two attached hydrogens (primary N) is 1. The van der Waals surface area contributed by atoms with Crippen molar-refractivity contribution in [3.63, 3.8) is 0 Å². The second-order valence-corrected chi connectivity index (χ2v) is 6.74. The third-order valence-electron chi connectivity index (χ3n) is 5.29. The molecule has 2 amide bonds. The molecule has 2 aliphatic rings. The number of hydrogen-bond donors (Lipinski definition) is 3. The number of hydrogen-bond acceptors (Lipinski definition) is 3. The number of benzene rings is 1. The lowest BCUT2D eigenvalue weighted by Gasteiger charge is -2.26. The summed E-state index contributed by atoms with van der Waals surface area (Å²) in [4.78, 5) is 24.1. The first-order valence-corrected chi connectivity index (χ1v) is 8.49. The van der Waals surface area contributed by atoms with Gasteiger partial charge in [0.2, 0.25) is 11.8 Å². The Hall–Kier alpha value is -1.59. The predicted molar refractivity (Wildman–Crippen MR) is 95.7 cm³/mol. The minimum Gasteiger partial charge on any atom is -0.354 e. The fourth-order valence-electron chi connectivity index (χ4n) is 4.06. The lowest BCUT2D eigenvalue weighted by atomic mass is 9.84. The van der Waals surface area contributed by atoms with E-state index in [2.05, 4.69) is 10.6 Å². The number of halogens is 1. The number of amides is 2.